The van der Waals surface area contributed by atoms with Gasteiger partial charge in [-0.1, -0.05) is 6.07 Å². The van der Waals surface area contributed by atoms with Crippen LogP contribution in [0.4, 0.5) is 0 Å². The molecule has 0 fully saturated rings. The fourth-order valence-corrected chi connectivity index (χ4v) is 2.28. The van der Waals surface area contributed by atoms with Crippen LogP contribution < -0.4 is 4.74 Å². The first-order chi connectivity index (χ1) is 9.97. The van der Waals surface area contributed by atoms with Crippen molar-refractivity contribution in [2.24, 2.45) is 0 Å². The van der Waals surface area contributed by atoms with Crippen molar-refractivity contribution in [3.05, 3.63) is 47.5 Å². The Hall–Kier alpha value is -2.73. The fraction of sp³-hybridized carbons (Fsp3) is 0.133. The summed E-state index contributed by atoms with van der Waals surface area (Å²) >= 11 is 0. The molecular weight excluding hydrogens is 276 g/mol. The van der Waals surface area contributed by atoms with Crippen molar-refractivity contribution in [3.8, 4) is 23.0 Å². The summed E-state index contributed by atoms with van der Waals surface area (Å²) in [4.78, 5) is 12.1. The van der Waals surface area contributed by atoms with Crippen molar-refractivity contribution >= 4 is 5.78 Å². The Morgan fingerprint density at radius 2 is 1.71 bits per heavy atom. The molecule has 0 aliphatic carbocycles. The molecule has 0 spiro atoms. The molecule has 0 amide bonds. The van der Waals surface area contributed by atoms with Crippen LogP contribution in [-0.4, -0.2) is 32.3 Å². The minimum absolute atomic E-state index is 0.0646. The molecule has 0 aromatic heterocycles. The molecule has 2 aromatic carbocycles. The van der Waals surface area contributed by atoms with Crippen LogP contribution in [0.25, 0.3) is 0 Å². The zero-order chi connectivity index (χ0) is 15.1. The molecule has 0 radical (unpaired) electrons. The molecule has 1 aliphatic rings. The number of rotatable bonds is 1. The number of phenols is 3. The third-order valence-electron chi connectivity index (χ3n) is 3.37. The number of benzene rings is 2. The lowest BCUT2D eigenvalue weighted by atomic mass is 9.93. The zero-order valence-electron chi connectivity index (χ0n) is 10.7. The highest BCUT2D eigenvalue weighted by atomic mass is 16.5. The second kappa shape index (κ2) is 4.68. The molecule has 6 nitrogen and oxygen atoms in total. The van der Waals surface area contributed by atoms with E-state index in [1.807, 2.05) is 0 Å². The molecule has 0 saturated heterocycles. The van der Waals surface area contributed by atoms with E-state index in [-0.39, 0.29) is 28.6 Å². The predicted molar refractivity (Wildman–Crippen MR) is 71.6 cm³/mol. The van der Waals surface area contributed by atoms with Crippen LogP contribution in [0.2, 0.25) is 0 Å². The molecule has 6 heteroatoms. The smallest absolute Gasteiger partial charge is 0.199 e. The molecular formula is C15H12O6. The summed E-state index contributed by atoms with van der Waals surface area (Å²) in [6.45, 7) is 0. The molecule has 1 aliphatic heterocycles. The molecule has 108 valence electrons. The van der Waals surface area contributed by atoms with Crippen molar-refractivity contribution in [2.45, 2.75) is 12.2 Å². The second-order valence-electron chi connectivity index (χ2n) is 4.78. The van der Waals surface area contributed by atoms with E-state index in [4.69, 9.17) is 4.74 Å². The lowest BCUT2D eigenvalue weighted by Gasteiger charge is -2.29. The average Bonchev–Trinajstić information content (AvgIpc) is 2.45. The number of aromatic hydroxyl groups is 3. The quantitative estimate of drug-likeness (QED) is 0.592. The van der Waals surface area contributed by atoms with Gasteiger partial charge in [0, 0.05) is 6.07 Å². The Kier molecular flexibility index (Phi) is 2.95. The highest BCUT2D eigenvalue weighted by Crippen LogP contribution is 2.38. The van der Waals surface area contributed by atoms with Gasteiger partial charge in [-0.05, 0) is 29.8 Å². The van der Waals surface area contributed by atoms with Crippen LogP contribution in [-0.2, 0) is 0 Å². The summed E-state index contributed by atoms with van der Waals surface area (Å²) in [5.74, 6) is -1.13. The number of aliphatic hydroxyl groups is 1. The number of ketones is 1. The topological polar surface area (TPSA) is 107 Å². The van der Waals surface area contributed by atoms with Gasteiger partial charge in [0.25, 0.3) is 0 Å². The Balaban J connectivity index is 2.05. The number of Topliss-reactive ketones (excluding diaryl/α,β-unsaturated/α-hetero) is 1. The molecule has 2 aromatic rings. The van der Waals surface area contributed by atoms with Gasteiger partial charge in [0.1, 0.15) is 11.5 Å². The van der Waals surface area contributed by atoms with E-state index in [0.29, 0.717) is 5.56 Å². The van der Waals surface area contributed by atoms with Gasteiger partial charge >= 0.3 is 0 Å². The average molecular weight is 288 g/mol. The summed E-state index contributed by atoms with van der Waals surface area (Å²) in [5.41, 5.74) is 0.514. The molecule has 3 rings (SSSR count). The van der Waals surface area contributed by atoms with Crippen LogP contribution >= 0.6 is 0 Å². The summed E-state index contributed by atoms with van der Waals surface area (Å²) in [6, 6.07) is 7.88. The lowest BCUT2D eigenvalue weighted by Crippen LogP contribution is -2.36. The Labute approximate surface area is 119 Å². The third-order valence-corrected chi connectivity index (χ3v) is 3.37. The number of hydrogen-bond acceptors (Lipinski definition) is 6. The van der Waals surface area contributed by atoms with Gasteiger partial charge in [0.15, 0.2) is 29.5 Å². The molecule has 2 atom stereocenters. The van der Waals surface area contributed by atoms with E-state index in [1.54, 1.807) is 0 Å². The van der Waals surface area contributed by atoms with E-state index < -0.39 is 18.0 Å². The number of hydrogen-bond donors (Lipinski definition) is 4. The SMILES string of the molecule is O=C1c2ccc(O)cc2O[C@@H](c2ccc(O)c(O)c2)[C@H]1O. The van der Waals surface area contributed by atoms with Gasteiger partial charge in [-0.25, -0.2) is 0 Å². The number of carbonyl (C=O) groups is 1. The van der Waals surface area contributed by atoms with E-state index in [1.165, 1.54) is 36.4 Å². The van der Waals surface area contributed by atoms with Crippen LogP contribution in [0.1, 0.15) is 22.0 Å². The Bertz CT molecular complexity index is 724. The normalized spacial score (nSPS) is 20.7. The van der Waals surface area contributed by atoms with Crippen molar-refractivity contribution in [2.75, 3.05) is 0 Å². The maximum absolute atomic E-state index is 12.1. The number of ether oxygens (including phenoxy) is 1. The van der Waals surface area contributed by atoms with E-state index >= 15 is 0 Å². The van der Waals surface area contributed by atoms with Crippen molar-refractivity contribution in [3.63, 3.8) is 0 Å². The fourth-order valence-electron chi connectivity index (χ4n) is 2.28. The summed E-state index contributed by atoms with van der Waals surface area (Å²) in [7, 11) is 0. The molecule has 4 N–H and O–H groups in total. The van der Waals surface area contributed by atoms with E-state index in [2.05, 4.69) is 0 Å². The van der Waals surface area contributed by atoms with Crippen molar-refractivity contribution in [1.82, 2.24) is 0 Å². The maximum atomic E-state index is 12.1. The second-order valence-corrected chi connectivity index (χ2v) is 4.78. The van der Waals surface area contributed by atoms with Crippen molar-refractivity contribution in [1.29, 1.82) is 0 Å². The van der Waals surface area contributed by atoms with Gasteiger partial charge in [-0.2, -0.15) is 0 Å². The number of aliphatic hydroxyl groups excluding tert-OH is 1. The summed E-state index contributed by atoms with van der Waals surface area (Å²) in [5, 5.41) is 38.3. The zero-order valence-corrected chi connectivity index (χ0v) is 10.7. The molecule has 21 heavy (non-hydrogen) atoms. The maximum Gasteiger partial charge on any atom is 0.199 e. The van der Waals surface area contributed by atoms with Gasteiger partial charge < -0.3 is 25.2 Å². The lowest BCUT2D eigenvalue weighted by molar-refractivity contribution is 0.0215. The van der Waals surface area contributed by atoms with Gasteiger partial charge in [-0.3, -0.25) is 4.79 Å². The van der Waals surface area contributed by atoms with Gasteiger partial charge in [0.05, 0.1) is 5.56 Å². The van der Waals surface area contributed by atoms with Crippen LogP contribution in [0.3, 0.4) is 0 Å². The first-order valence-electron chi connectivity index (χ1n) is 6.21. The number of carbonyl (C=O) groups excluding carboxylic acids is 1. The molecule has 0 saturated carbocycles. The molecule has 0 unspecified atom stereocenters. The predicted octanol–water partition coefficient (Wildman–Crippen LogP) is 1.48. The highest BCUT2D eigenvalue weighted by molar-refractivity contribution is 6.03. The van der Waals surface area contributed by atoms with Gasteiger partial charge in [0.2, 0.25) is 0 Å². The molecule has 0 bridgehead atoms. The summed E-state index contributed by atoms with van der Waals surface area (Å²) < 4.78 is 5.55. The van der Waals surface area contributed by atoms with Gasteiger partial charge in [-0.15, -0.1) is 0 Å². The molecule has 1 heterocycles. The van der Waals surface area contributed by atoms with Crippen LogP contribution in [0.15, 0.2) is 36.4 Å². The monoisotopic (exact) mass is 288 g/mol. The minimum Gasteiger partial charge on any atom is -0.508 e. The highest BCUT2D eigenvalue weighted by Gasteiger charge is 2.37. The number of phenolic OH excluding ortho intramolecular Hbond substituents is 3. The van der Waals surface area contributed by atoms with Crippen LogP contribution in [0, 0.1) is 0 Å². The minimum atomic E-state index is -1.44. The summed E-state index contributed by atoms with van der Waals surface area (Å²) in [6.07, 6.45) is -2.47. The largest absolute Gasteiger partial charge is 0.508 e. The Morgan fingerprint density at radius 3 is 2.43 bits per heavy atom. The first kappa shape index (κ1) is 13.3. The number of fused-ring (bicyclic) bond motifs is 1. The standard InChI is InChI=1S/C15H12O6/c16-8-2-3-9-12(6-8)21-15(14(20)13(9)19)7-1-4-10(17)11(18)5-7/h1-6,14-18,20H/t14-,15-/m0/s1. The van der Waals surface area contributed by atoms with Crippen LogP contribution in [0.5, 0.6) is 23.0 Å². The Morgan fingerprint density at radius 1 is 0.952 bits per heavy atom. The van der Waals surface area contributed by atoms with E-state index in [9.17, 15) is 25.2 Å². The third kappa shape index (κ3) is 2.15. The van der Waals surface area contributed by atoms with Crippen molar-refractivity contribution < 1.29 is 30.0 Å². The first-order valence-corrected chi connectivity index (χ1v) is 6.21. The van der Waals surface area contributed by atoms with E-state index in [0.717, 1.165) is 0 Å².